The van der Waals surface area contributed by atoms with E-state index in [0.717, 1.165) is 25.2 Å². The van der Waals surface area contributed by atoms with Crippen LogP contribution in [0.2, 0.25) is 0 Å². The summed E-state index contributed by atoms with van der Waals surface area (Å²) in [5.41, 5.74) is 1.85. The van der Waals surface area contributed by atoms with E-state index in [0.29, 0.717) is 23.6 Å². The third kappa shape index (κ3) is 5.99. The highest BCUT2D eigenvalue weighted by atomic mass is 16.5. The van der Waals surface area contributed by atoms with Gasteiger partial charge in [0.2, 0.25) is 0 Å². The van der Waals surface area contributed by atoms with Crippen LogP contribution in [0.3, 0.4) is 0 Å². The first-order valence-electron chi connectivity index (χ1n) is 9.84. The maximum absolute atomic E-state index is 12.7. The zero-order chi connectivity index (χ0) is 20.7. The second-order valence-corrected chi connectivity index (χ2v) is 7.84. The number of amides is 1. The van der Waals surface area contributed by atoms with Crippen molar-refractivity contribution in [1.82, 2.24) is 4.90 Å². The molecule has 1 amide bonds. The van der Waals surface area contributed by atoms with Crippen molar-refractivity contribution in [2.45, 2.75) is 40.0 Å². The highest BCUT2D eigenvalue weighted by Crippen LogP contribution is 2.31. The maximum atomic E-state index is 12.7. The Labute approximate surface area is 168 Å². The Bertz CT molecular complexity index is 793. The van der Waals surface area contributed by atoms with Crippen molar-refractivity contribution in [3.8, 4) is 11.5 Å². The Morgan fingerprint density at radius 1 is 1.11 bits per heavy atom. The molecule has 2 aromatic rings. The largest absolute Gasteiger partial charge is 0.506 e. The fraction of sp³-hybridized carbons (Fsp3) is 0.435. The Morgan fingerprint density at radius 3 is 2.46 bits per heavy atom. The van der Waals surface area contributed by atoms with Crippen molar-refractivity contribution in [2.75, 3.05) is 31.6 Å². The number of nitrogens with one attached hydrogen (secondary N) is 1. The molecule has 0 aromatic heterocycles. The molecule has 2 aromatic carbocycles. The number of hydrogen-bond donors (Lipinski definition) is 2. The van der Waals surface area contributed by atoms with E-state index in [2.05, 4.69) is 44.8 Å². The number of nitrogens with zero attached hydrogens (tertiary/aromatic N) is 1. The van der Waals surface area contributed by atoms with Gasteiger partial charge in [-0.15, -0.1) is 0 Å². The molecule has 152 valence electrons. The summed E-state index contributed by atoms with van der Waals surface area (Å²) in [4.78, 5) is 14.9. The summed E-state index contributed by atoms with van der Waals surface area (Å²) in [5, 5.41) is 12.9. The van der Waals surface area contributed by atoms with Gasteiger partial charge >= 0.3 is 0 Å². The monoisotopic (exact) mass is 384 g/mol. The average Bonchev–Trinajstić information content (AvgIpc) is 2.66. The fourth-order valence-electron chi connectivity index (χ4n) is 2.86. The van der Waals surface area contributed by atoms with Crippen LogP contribution in [0.5, 0.6) is 11.5 Å². The second-order valence-electron chi connectivity index (χ2n) is 7.84. The van der Waals surface area contributed by atoms with Crippen molar-refractivity contribution < 1.29 is 14.6 Å². The molecule has 0 aliphatic heterocycles. The third-order valence-electron chi connectivity index (χ3n) is 4.78. The van der Waals surface area contributed by atoms with Crippen LogP contribution in [0.15, 0.2) is 42.5 Å². The summed E-state index contributed by atoms with van der Waals surface area (Å²) >= 11 is 0. The molecule has 0 fully saturated rings. The summed E-state index contributed by atoms with van der Waals surface area (Å²) in [7, 11) is 0. The lowest BCUT2D eigenvalue weighted by atomic mass is 9.87. The van der Waals surface area contributed by atoms with Gasteiger partial charge in [-0.05, 0) is 54.4 Å². The van der Waals surface area contributed by atoms with Crippen LogP contribution in [-0.2, 0) is 5.41 Å². The maximum Gasteiger partial charge on any atom is 0.255 e. The van der Waals surface area contributed by atoms with Gasteiger partial charge < -0.3 is 20.1 Å². The van der Waals surface area contributed by atoms with E-state index in [1.807, 2.05) is 18.2 Å². The summed E-state index contributed by atoms with van der Waals surface area (Å²) < 4.78 is 5.80. The molecule has 0 radical (unpaired) electrons. The number of likely N-dealkylation sites (N-methyl/N-ethyl adjacent to an activating group) is 1. The van der Waals surface area contributed by atoms with Crippen LogP contribution in [-0.4, -0.2) is 42.2 Å². The summed E-state index contributed by atoms with van der Waals surface area (Å²) in [6.45, 7) is 13.9. The van der Waals surface area contributed by atoms with E-state index in [-0.39, 0.29) is 17.1 Å². The highest BCUT2D eigenvalue weighted by Gasteiger charge is 2.17. The highest BCUT2D eigenvalue weighted by molar-refractivity contribution is 6.05. The zero-order valence-corrected chi connectivity index (χ0v) is 17.6. The molecule has 0 saturated heterocycles. The topological polar surface area (TPSA) is 61.8 Å². The predicted molar refractivity (Wildman–Crippen MR) is 114 cm³/mol. The molecule has 0 atom stereocenters. The lowest BCUT2D eigenvalue weighted by Gasteiger charge is -2.20. The minimum absolute atomic E-state index is 0.0491. The van der Waals surface area contributed by atoms with Crippen LogP contribution < -0.4 is 10.1 Å². The van der Waals surface area contributed by atoms with E-state index in [4.69, 9.17) is 4.74 Å². The average molecular weight is 385 g/mol. The molecule has 0 bridgehead atoms. The van der Waals surface area contributed by atoms with Crippen molar-refractivity contribution >= 4 is 11.6 Å². The van der Waals surface area contributed by atoms with Crippen molar-refractivity contribution in [3.05, 3.63) is 53.6 Å². The molecule has 5 nitrogen and oxygen atoms in total. The molecule has 2 N–H and O–H groups in total. The van der Waals surface area contributed by atoms with Crippen LogP contribution in [0.25, 0.3) is 0 Å². The number of aromatic hydroxyl groups is 1. The number of rotatable bonds is 8. The summed E-state index contributed by atoms with van der Waals surface area (Å²) in [5.74, 6) is 0.427. The SMILES string of the molecule is CCN(CC)CCOc1cccc(C(=O)Nc2cc(C(C)(C)C)ccc2O)c1. The fourth-order valence-corrected chi connectivity index (χ4v) is 2.86. The molecule has 0 unspecified atom stereocenters. The van der Waals surface area contributed by atoms with Gasteiger partial charge in [0.25, 0.3) is 5.91 Å². The second kappa shape index (κ2) is 9.60. The first-order chi connectivity index (χ1) is 13.2. The molecule has 0 aliphatic rings. The van der Waals surface area contributed by atoms with Crippen LogP contribution in [0, 0.1) is 0 Å². The van der Waals surface area contributed by atoms with Crippen molar-refractivity contribution in [1.29, 1.82) is 0 Å². The van der Waals surface area contributed by atoms with E-state index < -0.39 is 0 Å². The number of ether oxygens (including phenoxy) is 1. The van der Waals surface area contributed by atoms with E-state index in [1.54, 1.807) is 24.3 Å². The Hall–Kier alpha value is -2.53. The lowest BCUT2D eigenvalue weighted by Crippen LogP contribution is -2.27. The molecule has 5 heteroatoms. The number of phenols is 1. The summed E-state index contributed by atoms with van der Waals surface area (Å²) in [6, 6.07) is 12.4. The number of carbonyl (C=O) groups excluding carboxylic acids is 1. The van der Waals surface area contributed by atoms with Gasteiger partial charge in [-0.1, -0.05) is 46.8 Å². The molecule has 0 heterocycles. The number of hydrogen-bond acceptors (Lipinski definition) is 4. The van der Waals surface area contributed by atoms with E-state index in [1.165, 1.54) is 0 Å². The smallest absolute Gasteiger partial charge is 0.255 e. The van der Waals surface area contributed by atoms with Gasteiger partial charge in [-0.25, -0.2) is 0 Å². The van der Waals surface area contributed by atoms with Gasteiger partial charge in [-0.3, -0.25) is 4.79 Å². The van der Waals surface area contributed by atoms with Gasteiger partial charge in [0.05, 0.1) is 5.69 Å². The minimum Gasteiger partial charge on any atom is -0.506 e. The number of benzene rings is 2. The van der Waals surface area contributed by atoms with E-state index in [9.17, 15) is 9.90 Å². The molecule has 0 saturated carbocycles. The minimum atomic E-state index is -0.282. The number of carbonyl (C=O) groups is 1. The third-order valence-corrected chi connectivity index (χ3v) is 4.78. The number of phenolic OH excluding ortho intramolecular Hbond substituents is 1. The standard InChI is InChI=1S/C23H32N2O3/c1-6-25(7-2)13-14-28-19-10-8-9-17(15-19)22(27)24-20-16-18(23(3,4)5)11-12-21(20)26/h8-12,15-16,26H,6-7,13-14H2,1-5H3,(H,24,27). The summed E-state index contributed by atoms with van der Waals surface area (Å²) in [6.07, 6.45) is 0. The number of anilines is 1. The van der Waals surface area contributed by atoms with Gasteiger partial charge in [0, 0.05) is 12.1 Å². The normalized spacial score (nSPS) is 11.5. The first-order valence-corrected chi connectivity index (χ1v) is 9.84. The Morgan fingerprint density at radius 2 is 1.82 bits per heavy atom. The molecule has 2 rings (SSSR count). The molecular weight excluding hydrogens is 352 g/mol. The van der Waals surface area contributed by atoms with Crippen molar-refractivity contribution in [2.24, 2.45) is 0 Å². The Kier molecular flexibility index (Phi) is 7.46. The van der Waals surface area contributed by atoms with Crippen molar-refractivity contribution in [3.63, 3.8) is 0 Å². The Balaban J connectivity index is 2.07. The first kappa shape index (κ1) is 21.8. The zero-order valence-electron chi connectivity index (χ0n) is 17.6. The lowest BCUT2D eigenvalue weighted by molar-refractivity contribution is 0.102. The molecular formula is C23H32N2O3. The predicted octanol–water partition coefficient (Wildman–Crippen LogP) is 4.66. The molecule has 0 spiro atoms. The van der Waals surface area contributed by atoms with E-state index >= 15 is 0 Å². The van der Waals surface area contributed by atoms with Crippen LogP contribution in [0.4, 0.5) is 5.69 Å². The van der Waals surface area contributed by atoms with Crippen LogP contribution >= 0.6 is 0 Å². The molecule has 28 heavy (non-hydrogen) atoms. The van der Waals surface area contributed by atoms with Crippen LogP contribution in [0.1, 0.15) is 50.5 Å². The molecule has 0 aliphatic carbocycles. The quantitative estimate of drug-likeness (QED) is 0.650. The van der Waals surface area contributed by atoms with Gasteiger partial charge in [0.15, 0.2) is 0 Å². The van der Waals surface area contributed by atoms with Gasteiger partial charge in [-0.2, -0.15) is 0 Å². The van der Waals surface area contributed by atoms with Gasteiger partial charge in [0.1, 0.15) is 18.1 Å².